The van der Waals surface area contributed by atoms with Crippen LogP contribution in [0.1, 0.15) is 10.4 Å². The molecule has 0 aliphatic carbocycles. The van der Waals surface area contributed by atoms with E-state index >= 15 is 0 Å². The molecule has 6 heteroatoms. The van der Waals surface area contributed by atoms with Crippen molar-refractivity contribution < 1.29 is 14.3 Å². The largest absolute Gasteiger partial charge is 0.478 e. The van der Waals surface area contributed by atoms with Crippen LogP contribution in [-0.2, 0) is 0 Å². The Morgan fingerprint density at radius 3 is 2.50 bits per heavy atom. The van der Waals surface area contributed by atoms with E-state index in [2.05, 4.69) is 4.98 Å². The molecule has 3 rings (SSSR count). The maximum atomic E-state index is 10.9. The number of rotatable bonds is 2. The molecular weight excluding hydrogens is 301 g/mol. The third-order valence-corrected chi connectivity index (χ3v) is 3.44. The van der Waals surface area contributed by atoms with E-state index in [-0.39, 0.29) is 11.5 Å². The SMILES string of the molecule is O=C(O)c1ccc2nc(-c3c(Cl)cccc3Cl)oc2c1. The zero-order valence-electron chi connectivity index (χ0n) is 9.93. The topological polar surface area (TPSA) is 63.3 Å². The average Bonchev–Trinajstić information content (AvgIpc) is 2.80. The predicted octanol–water partition coefficient (Wildman–Crippen LogP) is 4.50. The number of halogens is 2. The molecule has 0 spiro atoms. The minimum atomic E-state index is -1.03. The van der Waals surface area contributed by atoms with E-state index in [1.165, 1.54) is 12.1 Å². The van der Waals surface area contributed by atoms with Gasteiger partial charge in [-0.25, -0.2) is 9.78 Å². The number of carbonyl (C=O) groups is 1. The van der Waals surface area contributed by atoms with Crippen molar-refractivity contribution in [2.75, 3.05) is 0 Å². The van der Waals surface area contributed by atoms with Crippen LogP contribution in [0.5, 0.6) is 0 Å². The van der Waals surface area contributed by atoms with E-state index < -0.39 is 5.97 Å². The number of hydrogen-bond donors (Lipinski definition) is 1. The van der Waals surface area contributed by atoms with Crippen molar-refractivity contribution in [1.29, 1.82) is 0 Å². The molecule has 0 fully saturated rings. The number of carboxylic acids is 1. The summed E-state index contributed by atoms with van der Waals surface area (Å²) in [5, 5.41) is 9.79. The molecule has 0 amide bonds. The van der Waals surface area contributed by atoms with Gasteiger partial charge in [0.25, 0.3) is 0 Å². The first-order chi connectivity index (χ1) is 9.56. The fraction of sp³-hybridized carbons (Fsp3) is 0. The van der Waals surface area contributed by atoms with Gasteiger partial charge in [-0.2, -0.15) is 0 Å². The number of hydrogen-bond acceptors (Lipinski definition) is 3. The Labute approximate surface area is 123 Å². The van der Waals surface area contributed by atoms with Crippen LogP contribution < -0.4 is 0 Å². The van der Waals surface area contributed by atoms with E-state index in [0.717, 1.165) is 0 Å². The van der Waals surface area contributed by atoms with E-state index in [1.807, 2.05) is 0 Å². The monoisotopic (exact) mass is 307 g/mol. The summed E-state index contributed by atoms with van der Waals surface area (Å²) in [6.45, 7) is 0. The molecular formula is C14H7Cl2NO3. The maximum absolute atomic E-state index is 10.9. The van der Waals surface area contributed by atoms with Crippen molar-refractivity contribution >= 4 is 40.3 Å². The molecule has 1 heterocycles. The van der Waals surface area contributed by atoms with Gasteiger partial charge in [0.2, 0.25) is 5.89 Å². The van der Waals surface area contributed by atoms with Gasteiger partial charge in [-0.1, -0.05) is 29.3 Å². The molecule has 20 heavy (non-hydrogen) atoms. The third-order valence-electron chi connectivity index (χ3n) is 2.81. The van der Waals surface area contributed by atoms with Gasteiger partial charge >= 0.3 is 5.97 Å². The predicted molar refractivity (Wildman–Crippen MR) is 76.4 cm³/mol. The van der Waals surface area contributed by atoms with Crippen molar-refractivity contribution in [3.05, 3.63) is 52.0 Å². The lowest BCUT2D eigenvalue weighted by Gasteiger charge is -2.01. The summed E-state index contributed by atoms with van der Waals surface area (Å²) in [5.74, 6) is -0.765. The summed E-state index contributed by atoms with van der Waals surface area (Å²) in [6, 6.07) is 9.54. The quantitative estimate of drug-likeness (QED) is 0.757. The highest BCUT2D eigenvalue weighted by Gasteiger charge is 2.16. The number of benzene rings is 2. The van der Waals surface area contributed by atoms with Crippen molar-refractivity contribution in [2.45, 2.75) is 0 Å². The van der Waals surface area contributed by atoms with Gasteiger partial charge in [0.15, 0.2) is 5.58 Å². The summed E-state index contributed by atoms with van der Waals surface area (Å²) >= 11 is 12.2. The van der Waals surface area contributed by atoms with Crippen LogP contribution in [0.25, 0.3) is 22.6 Å². The number of carboxylic acid groups (broad SMARTS) is 1. The Kier molecular flexibility index (Phi) is 3.12. The molecule has 0 saturated heterocycles. The van der Waals surface area contributed by atoms with Crippen molar-refractivity contribution in [3.8, 4) is 11.5 Å². The Balaban J connectivity index is 2.21. The lowest BCUT2D eigenvalue weighted by atomic mass is 10.2. The lowest BCUT2D eigenvalue weighted by Crippen LogP contribution is -1.94. The van der Waals surface area contributed by atoms with E-state index in [1.54, 1.807) is 24.3 Å². The molecule has 3 aromatic rings. The van der Waals surface area contributed by atoms with Gasteiger partial charge in [-0.05, 0) is 30.3 Å². The first-order valence-electron chi connectivity index (χ1n) is 5.64. The smallest absolute Gasteiger partial charge is 0.335 e. The second kappa shape index (κ2) is 4.81. The van der Waals surface area contributed by atoms with E-state index in [4.69, 9.17) is 32.7 Å². The summed E-state index contributed by atoms with van der Waals surface area (Å²) < 4.78 is 5.56. The van der Waals surface area contributed by atoms with Crippen LogP contribution >= 0.6 is 23.2 Å². The normalized spacial score (nSPS) is 10.9. The number of oxazole rings is 1. The molecule has 0 saturated carbocycles. The highest BCUT2D eigenvalue weighted by molar-refractivity contribution is 6.38. The van der Waals surface area contributed by atoms with Gasteiger partial charge in [0.1, 0.15) is 5.52 Å². The van der Waals surface area contributed by atoms with Crippen molar-refractivity contribution in [2.24, 2.45) is 0 Å². The molecule has 0 atom stereocenters. The Morgan fingerprint density at radius 1 is 1.15 bits per heavy atom. The second-order valence-electron chi connectivity index (χ2n) is 4.10. The van der Waals surface area contributed by atoms with E-state index in [0.29, 0.717) is 26.7 Å². The fourth-order valence-corrected chi connectivity index (χ4v) is 2.43. The molecule has 100 valence electrons. The minimum absolute atomic E-state index is 0.130. The lowest BCUT2D eigenvalue weighted by molar-refractivity contribution is 0.0697. The highest BCUT2D eigenvalue weighted by atomic mass is 35.5. The van der Waals surface area contributed by atoms with Crippen LogP contribution in [0, 0.1) is 0 Å². The first kappa shape index (κ1) is 13.0. The molecule has 4 nitrogen and oxygen atoms in total. The van der Waals surface area contributed by atoms with Crippen LogP contribution in [0.15, 0.2) is 40.8 Å². The van der Waals surface area contributed by atoms with E-state index in [9.17, 15) is 4.79 Å². The number of aromatic nitrogens is 1. The maximum Gasteiger partial charge on any atom is 0.335 e. The number of nitrogens with zero attached hydrogens (tertiary/aromatic N) is 1. The van der Waals surface area contributed by atoms with Gasteiger partial charge < -0.3 is 9.52 Å². The summed E-state index contributed by atoms with van der Waals surface area (Å²) in [7, 11) is 0. The van der Waals surface area contributed by atoms with Crippen molar-refractivity contribution in [3.63, 3.8) is 0 Å². The van der Waals surface area contributed by atoms with Gasteiger partial charge in [0, 0.05) is 0 Å². The molecule has 0 aliphatic heterocycles. The van der Waals surface area contributed by atoms with Gasteiger partial charge in [0.05, 0.1) is 21.2 Å². The van der Waals surface area contributed by atoms with Crippen LogP contribution in [0.3, 0.4) is 0 Å². The zero-order chi connectivity index (χ0) is 14.3. The Hall–Kier alpha value is -2.04. The fourth-order valence-electron chi connectivity index (χ4n) is 1.87. The second-order valence-corrected chi connectivity index (χ2v) is 4.92. The summed E-state index contributed by atoms with van der Waals surface area (Å²) in [5.41, 5.74) is 1.53. The summed E-state index contributed by atoms with van der Waals surface area (Å²) in [6.07, 6.45) is 0. The minimum Gasteiger partial charge on any atom is -0.478 e. The van der Waals surface area contributed by atoms with Gasteiger partial charge in [-0.15, -0.1) is 0 Å². The molecule has 1 N–H and O–H groups in total. The molecule has 1 aromatic heterocycles. The zero-order valence-corrected chi connectivity index (χ0v) is 11.4. The van der Waals surface area contributed by atoms with Crippen LogP contribution in [-0.4, -0.2) is 16.1 Å². The van der Waals surface area contributed by atoms with Gasteiger partial charge in [-0.3, -0.25) is 0 Å². The third kappa shape index (κ3) is 2.13. The standard InChI is InChI=1S/C14H7Cl2NO3/c15-8-2-1-3-9(16)12(8)13-17-10-5-4-7(14(18)19)6-11(10)20-13/h1-6H,(H,18,19). The molecule has 0 bridgehead atoms. The average molecular weight is 308 g/mol. The number of aromatic carboxylic acids is 1. The first-order valence-corrected chi connectivity index (χ1v) is 6.40. The number of fused-ring (bicyclic) bond motifs is 1. The van der Waals surface area contributed by atoms with Crippen molar-refractivity contribution in [1.82, 2.24) is 4.98 Å². The Bertz CT molecular complexity index is 806. The molecule has 2 aromatic carbocycles. The molecule has 0 radical (unpaired) electrons. The van der Waals surface area contributed by atoms with Crippen LogP contribution in [0.2, 0.25) is 10.0 Å². The summed E-state index contributed by atoms with van der Waals surface area (Å²) in [4.78, 5) is 15.2. The highest BCUT2D eigenvalue weighted by Crippen LogP contribution is 2.35. The Morgan fingerprint density at radius 2 is 1.85 bits per heavy atom. The molecule has 0 unspecified atom stereocenters. The van der Waals surface area contributed by atoms with Crippen LogP contribution in [0.4, 0.5) is 0 Å². The molecule has 0 aliphatic rings.